The topological polar surface area (TPSA) is 55.4 Å². The monoisotopic (exact) mass is 343 g/mol. The number of hydrogen-bond acceptors (Lipinski definition) is 3. The first kappa shape index (κ1) is 17.8. The number of esters is 1. The molecule has 0 spiro atoms. The maximum absolute atomic E-state index is 11.8. The number of halogens is 1. The Kier molecular flexibility index (Phi) is 6.15. The van der Waals surface area contributed by atoms with Gasteiger partial charge in [0.15, 0.2) is 6.61 Å². The summed E-state index contributed by atoms with van der Waals surface area (Å²) in [7, 11) is 0. The largest absolute Gasteiger partial charge is 0.452 e. The first-order chi connectivity index (χ1) is 11.5. The standard InChI is InChI=1S/C19H18ClNO3/c1-13-7-9-17(14(2)11-13)21-18(22)12-24-19(23)10-8-15-5-3-4-6-16(15)20/h3-11H,12H2,1-2H3,(H,21,22)/b10-8+. The van der Waals surface area contributed by atoms with Gasteiger partial charge in [0.1, 0.15) is 0 Å². The first-order valence-corrected chi connectivity index (χ1v) is 7.80. The van der Waals surface area contributed by atoms with E-state index in [1.165, 1.54) is 6.08 Å². The molecule has 24 heavy (non-hydrogen) atoms. The number of benzene rings is 2. The molecule has 0 bridgehead atoms. The zero-order chi connectivity index (χ0) is 17.5. The van der Waals surface area contributed by atoms with Crippen molar-refractivity contribution in [1.29, 1.82) is 0 Å². The Morgan fingerprint density at radius 2 is 1.92 bits per heavy atom. The third-order valence-electron chi connectivity index (χ3n) is 3.31. The van der Waals surface area contributed by atoms with E-state index in [0.29, 0.717) is 16.3 Å². The summed E-state index contributed by atoms with van der Waals surface area (Å²) in [5.74, 6) is -0.993. The van der Waals surface area contributed by atoms with Crippen LogP contribution in [0.15, 0.2) is 48.5 Å². The second-order valence-corrected chi connectivity index (χ2v) is 5.74. The molecule has 0 atom stereocenters. The van der Waals surface area contributed by atoms with Crippen LogP contribution in [0.3, 0.4) is 0 Å². The second-order valence-electron chi connectivity index (χ2n) is 5.33. The molecule has 0 aliphatic carbocycles. The van der Waals surface area contributed by atoms with Gasteiger partial charge in [0, 0.05) is 16.8 Å². The smallest absolute Gasteiger partial charge is 0.331 e. The van der Waals surface area contributed by atoms with E-state index in [2.05, 4.69) is 5.32 Å². The van der Waals surface area contributed by atoms with Gasteiger partial charge >= 0.3 is 5.97 Å². The molecule has 124 valence electrons. The van der Waals surface area contributed by atoms with Crippen LogP contribution in [0.5, 0.6) is 0 Å². The molecule has 0 aliphatic heterocycles. The van der Waals surface area contributed by atoms with Crippen molar-refractivity contribution in [3.63, 3.8) is 0 Å². The molecule has 0 heterocycles. The molecular formula is C19H18ClNO3. The molecule has 2 rings (SSSR count). The van der Waals surface area contributed by atoms with Crippen LogP contribution in [0.25, 0.3) is 6.08 Å². The van der Waals surface area contributed by atoms with Crippen LogP contribution < -0.4 is 5.32 Å². The average molecular weight is 344 g/mol. The van der Waals surface area contributed by atoms with Gasteiger partial charge in [-0.1, -0.05) is 47.5 Å². The van der Waals surface area contributed by atoms with Gasteiger partial charge in [-0.25, -0.2) is 4.79 Å². The molecule has 0 fully saturated rings. The third kappa shape index (κ3) is 5.25. The number of anilines is 1. The molecule has 0 aliphatic rings. The molecule has 1 amide bonds. The fourth-order valence-electron chi connectivity index (χ4n) is 2.09. The summed E-state index contributed by atoms with van der Waals surface area (Å²) >= 11 is 5.98. The van der Waals surface area contributed by atoms with E-state index >= 15 is 0 Å². The highest BCUT2D eigenvalue weighted by Gasteiger charge is 2.07. The summed E-state index contributed by atoms with van der Waals surface area (Å²) in [6, 6.07) is 12.8. The molecule has 0 unspecified atom stereocenters. The van der Waals surface area contributed by atoms with Gasteiger partial charge in [0.05, 0.1) is 0 Å². The molecule has 0 saturated heterocycles. The van der Waals surface area contributed by atoms with Crippen LogP contribution in [-0.2, 0) is 14.3 Å². The van der Waals surface area contributed by atoms with Gasteiger partial charge < -0.3 is 10.1 Å². The van der Waals surface area contributed by atoms with E-state index in [4.69, 9.17) is 16.3 Å². The van der Waals surface area contributed by atoms with Gasteiger partial charge in [-0.2, -0.15) is 0 Å². The Balaban J connectivity index is 1.85. The van der Waals surface area contributed by atoms with Crippen LogP contribution >= 0.6 is 11.6 Å². The van der Waals surface area contributed by atoms with Crippen molar-refractivity contribution in [3.05, 3.63) is 70.3 Å². The Morgan fingerprint density at radius 1 is 1.17 bits per heavy atom. The van der Waals surface area contributed by atoms with Crippen LogP contribution in [0.4, 0.5) is 5.69 Å². The highest BCUT2D eigenvalue weighted by molar-refractivity contribution is 6.32. The molecule has 2 aromatic carbocycles. The van der Waals surface area contributed by atoms with Crippen LogP contribution in [0.2, 0.25) is 5.02 Å². The molecule has 4 nitrogen and oxygen atoms in total. The number of nitrogens with one attached hydrogen (secondary N) is 1. The van der Waals surface area contributed by atoms with E-state index in [0.717, 1.165) is 11.1 Å². The maximum Gasteiger partial charge on any atom is 0.331 e. The number of ether oxygens (including phenoxy) is 1. The van der Waals surface area contributed by atoms with Crippen molar-refractivity contribution < 1.29 is 14.3 Å². The number of hydrogen-bond donors (Lipinski definition) is 1. The Labute approximate surface area is 146 Å². The van der Waals surface area contributed by atoms with E-state index in [1.54, 1.807) is 24.3 Å². The molecule has 2 aromatic rings. The fraction of sp³-hybridized carbons (Fsp3) is 0.158. The van der Waals surface area contributed by atoms with Gasteiger partial charge in [0.2, 0.25) is 0 Å². The van der Waals surface area contributed by atoms with E-state index < -0.39 is 5.97 Å². The van der Waals surface area contributed by atoms with Crippen molar-refractivity contribution in [2.24, 2.45) is 0 Å². The third-order valence-corrected chi connectivity index (χ3v) is 3.65. The first-order valence-electron chi connectivity index (χ1n) is 7.42. The summed E-state index contributed by atoms with van der Waals surface area (Å²) in [6.07, 6.45) is 2.79. The van der Waals surface area contributed by atoms with Crippen LogP contribution in [0.1, 0.15) is 16.7 Å². The Hall–Kier alpha value is -2.59. The van der Waals surface area contributed by atoms with Crippen LogP contribution in [-0.4, -0.2) is 18.5 Å². The number of carbonyl (C=O) groups excluding carboxylic acids is 2. The summed E-state index contributed by atoms with van der Waals surface area (Å²) in [5.41, 5.74) is 3.47. The lowest BCUT2D eigenvalue weighted by atomic mass is 10.1. The van der Waals surface area contributed by atoms with Gasteiger partial charge in [-0.15, -0.1) is 0 Å². The lowest BCUT2D eigenvalue weighted by molar-refractivity contribution is -0.142. The zero-order valence-corrected chi connectivity index (χ0v) is 14.3. The van der Waals surface area contributed by atoms with Gasteiger partial charge in [0.25, 0.3) is 5.91 Å². The van der Waals surface area contributed by atoms with Crippen molar-refractivity contribution >= 4 is 35.2 Å². The lowest BCUT2D eigenvalue weighted by Crippen LogP contribution is -2.20. The lowest BCUT2D eigenvalue weighted by Gasteiger charge is -2.09. The predicted octanol–water partition coefficient (Wildman–Crippen LogP) is 4.15. The normalized spacial score (nSPS) is 10.6. The van der Waals surface area contributed by atoms with E-state index in [-0.39, 0.29) is 12.5 Å². The average Bonchev–Trinajstić information content (AvgIpc) is 2.55. The quantitative estimate of drug-likeness (QED) is 0.655. The molecule has 0 saturated carbocycles. The molecule has 0 aromatic heterocycles. The minimum absolute atomic E-state index is 0.348. The number of carbonyl (C=O) groups is 2. The molecular weight excluding hydrogens is 326 g/mol. The minimum Gasteiger partial charge on any atom is -0.452 e. The highest BCUT2D eigenvalue weighted by Crippen LogP contribution is 2.17. The summed E-state index contributed by atoms with van der Waals surface area (Å²) in [5, 5.41) is 3.25. The predicted molar refractivity (Wildman–Crippen MR) is 96.0 cm³/mol. The molecule has 0 radical (unpaired) electrons. The molecule has 1 N–H and O–H groups in total. The Morgan fingerprint density at radius 3 is 2.62 bits per heavy atom. The van der Waals surface area contributed by atoms with Crippen LogP contribution in [0, 0.1) is 13.8 Å². The molecule has 5 heteroatoms. The number of aryl methyl sites for hydroxylation is 2. The summed E-state index contributed by atoms with van der Waals surface area (Å²) in [6.45, 7) is 3.53. The second kappa shape index (κ2) is 8.31. The summed E-state index contributed by atoms with van der Waals surface area (Å²) in [4.78, 5) is 23.5. The van der Waals surface area contributed by atoms with E-state index in [9.17, 15) is 9.59 Å². The van der Waals surface area contributed by atoms with Crippen molar-refractivity contribution in [2.45, 2.75) is 13.8 Å². The summed E-state index contributed by atoms with van der Waals surface area (Å²) < 4.78 is 4.92. The SMILES string of the molecule is Cc1ccc(NC(=O)COC(=O)/C=C/c2ccccc2Cl)c(C)c1. The Bertz CT molecular complexity index is 784. The van der Waals surface area contributed by atoms with Gasteiger partial charge in [-0.05, 0) is 43.2 Å². The zero-order valence-electron chi connectivity index (χ0n) is 13.5. The van der Waals surface area contributed by atoms with Gasteiger partial charge in [-0.3, -0.25) is 4.79 Å². The number of rotatable bonds is 5. The number of amides is 1. The maximum atomic E-state index is 11.8. The van der Waals surface area contributed by atoms with Crippen molar-refractivity contribution in [1.82, 2.24) is 0 Å². The highest BCUT2D eigenvalue weighted by atomic mass is 35.5. The van der Waals surface area contributed by atoms with Crippen molar-refractivity contribution in [3.8, 4) is 0 Å². The van der Waals surface area contributed by atoms with Crippen molar-refractivity contribution in [2.75, 3.05) is 11.9 Å². The fourth-order valence-corrected chi connectivity index (χ4v) is 2.29. The van der Waals surface area contributed by atoms with E-state index in [1.807, 2.05) is 38.1 Å². The minimum atomic E-state index is -0.606.